The summed E-state index contributed by atoms with van der Waals surface area (Å²) < 4.78 is 11.8. The number of para-hydroxylation sites is 1. The fraction of sp³-hybridized carbons (Fsp3) is 0.641. The van der Waals surface area contributed by atoms with Gasteiger partial charge in [0.1, 0.15) is 36.5 Å². The average molecular weight is 1310 g/mol. The molecule has 1 saturated carbocycles. The third-order valence-corrected chi connectivity index (χ3v) is 23.1. The fourth-order valence-electron chi connectivity index (χ4n) is 16.5. The number of rotatable bonds is 27. The van der Waals surface area contributed by atoms with Gasteiger partial charge in [-0.2, -0.15) is 0 Å². The number of hydrogen-bond acceptors (Lipinski definition) is 21. The quantitative estimate of drug-likeness (QED) is 0.0225. The van der Waals surface area contributed by atoms with Gasteiger partial charge in [-0.05, 0) is 87.6 Å². The third kappa shape index (κ3) is 13.2. The lowest BCUT2D eigenvalue weighted by Gasteiger charge is -2.63. The van der Waals surface area contributed by atoms with Crippen LogP contribution in [0.15, 0.2) is 48.6 Å². The molecule has 91 heavy (non-hydrogen) atoms. The summed E-state index contributed by atoms with van der Waals surface area (Å²) in [5, 5.41) is 102. The molecular formula is C64H89N7O18S2. The first-order valence-electron chi connectivity index (χ1n) is 31.4. The Hall–Kier alpha value is -5.85. The number of piperidine rings is 1. The Balaban J connectivity index is 0.893. The number of aromatic amines is 1. The zero-order chi connectivity index (χ0) is 66.1. The smallest absolute Gasteiger partial charge is 0.426 e. The minimum absolute atomic E-state index is 0.0940. The van der Waals surface area contributed by atoms with Gasteiger partial charge in [-0.1, -0.05) is 65.8 Å². The highest BCUT2D eigenvalue weighted by atomic mass is 33.1. The molecule has 27 heteroatoms. The van der Waals surface area contributed by atoms with Crippen LogP contribution in [-0.4, -0.2) is 227 Å². The highest BCUT2D eigenvalue weighted by Crippen LogP contribution is 2.67. The standard InChI is InChI=1S/C64H89N7O18S2/c1-7-61(86)30-36-29-60(4,53-41(16-20-70(31-36)34-61)40-12-9-10-13-44(40)66-53)43-27-42-46(28-49(43)88-6)69(5)56-63(42)18-21-71-19-11-17-62(8-2,55(63)71)57(83)64(56,87)58(84)67-68-59(85)89-22-23-90-91-33-38(54(81)82)25-39(74)24-37(51(79)52(80)48(76)32-72)26-47(75)45(65-35(3)73)14-15-50(77)78/h9-13,17,27-28,36-38,45,48,51-52,55-57,66,72,76,79-80,83,86-87H,7-8,14-16,18-26,29-34H2,1-6H3,(H,65,73)(H,67,84)(H,68,85)(H,77,78)(H,81,82)/t36-,37-,38-,45-,48+,51+,52+,55-,56+,57+,60+,61-,62+,63+,64-/m0/s1. The first-order valence-corrected chi connectivity index (χ1v) is 33.9. The normalized spacial score (nSPS) is 30.1. The molecule has 2 bridgehead atoms. The summed E-state index contributed by atoms with van der Waals surface area (Å²) in [6.45, 7) is 9.48. The number of methoxy groups -OCH3 is 1. The largest absolute Gasteiger partial charge is 0.496 e. The molecule has 3 fully saturated rings. The van der Waals surface area contributed by atoms with Crippen molar-refractivity contribution in [3.05, 3.63) is 70.9 Å². The van der Waals surface area contributed by atoms with E-state index in [2.05, 4.69) is 62.1 Å². The first kappa shape index (κ1) is 69.5. The summed E-state index contributed by atoms with van der Waals surface area (Å²) in [5.41, 5.74) is 4.23. The second-order valence-corrected chi connectivity index (χ2v) is 28.8. The Kier molecular flexibility index (Phi) is 21.4. The van der Waals surface area contributed by atoms with Crippen LogP contribution in [0.2, 0.25) is 0 Å². The molecule has 5 aliphatic heterocycles. The van der Waals surface area contributed by atoms with Gasteiger partial charge in [0.25, 0.3) is 5.91 Å². The average Bonchev–Trinajstić information content (AvgIpc) is 1.52. The van der Waals surface area contributed by atoms with Gasteiger partial charge in [-0.15, -0.1) is 0 Å². The number of ether oxygens (including phenoxy) is 2. The van der Waals surface area contributed by atoms with E-state index in [0.29, 0.717) is 57.5 Å². The van der Waals surface area contributed by atoms with E-state index >= 15 is 4.79 Å². The molecule has 13 N–H and O–H groups in total. The van der Waals surface area contributed by atoms with Crippen molar-refractivity contribution < 1.29 is 89.0 Å². The number of amides is 3. The number of nitrogens with zero attached hydrogens (tertiary/aromatic N) is 3. The molecule has 1 aromatic heterocycles. The van der Waals surface area contributed by atoms with Gasteiger partial charge in [0.15, 0.2) is 11.4 Å². The first-order chi connectivity index (χ1) is 43.2. The number of H-pyrrole nitrogens is 1. The molecule has 25 nitrogen and oxygen atoms in total. The van der Waals surface area contributed by atoms with Crippen LogP contribution in [0.5, 0.6) is 5.75 Å². The lowest BCUT2D eigenvalue weighted by Crippen LogP contribution is -2.82. The van der Waals surface area contributed by atoms with Crippen molar-refractivity contribution in [2.24, 2.45) is 23.2 Å². The maximum atomic E-state index is 15.1. The van der Waals surface area contributed by atoms with Crippen molar-refractivity contribution in [3.63, 3.8) is 0 Å². The van der Waals surface area contributed by atoms with E-state index in [1.807, 2.05) is 50.1 Å². The van der Waals surface area contributed by atoms with E-state index in [1.165, 1.54) is 5.56 Å². The topological polar surface area (TPSA) is 382 Å². The molecule has 0 radical (unpaired) electrons. The van der Waals surface area contributed by atoms with Gasteiger partial charge in [0, 0.05) is 139 Å². The van der Waals surface area contributed by atoms with Crippen LogP contribution in [0, 0.1) is 23.2 Å². The monoisotopic (exact) mass is 1310 g/mol. The van der Waals surface area contributed by atoms with E-state index in [-0.39, 0.29) is 36.5 Å². The molecule has 1 unspecified atom stereocenters. The second kappa shape index (κ2) is 28.0. The second-order valence-electron chi connectivity index (χ2n) is 26.2. The lowest BCUT2D eigenvalue weighted by atomic mass is 9.47. The van der Waals surface area contributed by atoms with Gasteiger partial charge in [-0.3, -0.25) is 44.0 Å². The van der Waals surface area contributed by atoms with Crippen molar-refractivity contribution in [1.82, 2.24) is 31.0 Å². The van der Waals surface area contributed by atoms with E-state index in [4.69, 9.17) is 9.47 Å². The number of carbonyl (C=O) groups excluding carboxylic acids is 5. The maximum Gasteiger partial charge on any atom is 0.426 e. The minimum Gasteiger partial charge on any atom is -0.496 e. The van der Waals surface area contributed by atoms with Gasteiger partial charge in [-0.25, -0.2) is 10.2 Å². The number of Topliss-reactive ketones (excluding diaryl/α,β-unsaturated/α-hetero) is 2. The number of hydrogen-bond donors (Lipinski definition) is 13. The van der Waals surface area contributed by atoms with Crippen molar-refractivity contribution in [2.75, 3.05) is 76.5 Å². The highest BCUT2D eigenvalue weighted by molar-refractivity contribution is 8.76. The number of aliphatic carboxylic acids is 2. The minimum atomic E-state index is -2.57. The number of aliphatic hydroxyl groups excluding tert-OH is 5. The molecule has 500 valence electrons. The lowest BCUT2D eigenvalue weighted by molar-refractivity contribution is -0.204. The Bertz CT molecular complexity index is 3260. The molecule has 6 aliphatic rings. The SMILES string of the molecule is CC[C@]1(O)C[C@H]2CN(CCc3c([nH]c4ccccc34)[C@@](C)(c3cc4c(cc3OC)N(C)[C@H]3[C@@](O)(C(=O)NNC(=O)OCCSSC[C@H](CC(=O)C[C@@H](CC(=O)[C@H](CCC(=O)O)NC(C)=O)[C@@H](O)[C@H](O)[C@H](O)CO)C(=O)O)[C@H](O)[C@]5(CC)C=CCN6CC[C@]43[C@@H]65)C2)C1. The summed E-state index contributed by atoms with van der Waals surface area (Å²) in [6.07, 6.45) is -4.08. The van der Waals surface area contributed by atoms with E-state index in [0.717, 1.165) is 81.4 Å². The number of ketones is 2. The van der Waals surface area contributed by atoms with Crippen LogP contribution in [0.1, 0.15) is 114 Å². The van der Waals surface area contributed by atoms with Crippen molar-refractivity contribution in [1.29, 1.82) is 0 Å². The number of nitrogens with one attached hydrogen (secondary N) is 4. The molecule has 9 rings (SSSR count). The Morgan fingerprint density at radius 3 is 2.34 bits per heavy atom. The van der Waals surface area contributed by atoms with Gasteiger partial charge in [0.05, 0.1) is 43.4 Å². The Morgan fingerprint density at radius 2 is 1.66 bits per heavy atom. The number of carboxylic acid groups (broad SMARTS) is 2. The number of benzene rings is 2. The van der Waals surface area contributed by atoms with Crippen molar-refractivity contribution >= 4 is 79.6 Å². The van der Waals surface area contributed by atoms with E-state index in [9.17, 15) is 74.7 Å². The van der Waals surface area contributed by atoms with Crippen LogP contribution in [-0.2, 0) is 50.8 Å². The summed E-state index contributed by atoms with van der Waals surface area (Å²) in [5.74, 6) is -8.02. The summed E-state index contributed by atoms with van der Waals surface area (Å²) in [4.78, 5) is 101. The molecular weight excluding hydrogens is 1220 g/mol. The number of carboxylic acids is 2. The molecule has 1 spiro atoms. The summed E-state index contributed by atoms with van der Waals surface area (Å²) >= 11 is 0. The van der Waals surface area contributed by atoms with E-state index in [1.54, 1.807) is 7.11 Å². The van der Waals surface area contributed by atoms with Crippen LogP contribution < -0.4 is 25.8 Å². The number of anilines is 1. The number of hydrazine groups is 1. The van der Waals surface area contributed by atoms with Crippen molar-refractivity contribution in [3.8, 4) is 5.75 Å². The Morgan fingerprint density at radius 1 is 0.912 bits per heavy atom. The number of fused-ring (bicyclic) bond motifs is 6. The summed E-state index contributed by atoms with van der Waals surface area (Å²) in [7, 11) is 5.59. The highest BCUT2D eigenvalue weighted by Gasteiger charge is 2.79. The predicted octanol–water partition coefficient (Wildman–Crippen LogP) is 2.30. The molecule has 2 saturated heterocycles. The van der Waals surface area contributed by atoms with Crippen LogP contribution in [0.4, 0.5) is 10.5 Å². The van der Waals surface area contributed by atoms with Crippen LogP contribution in [0.25, 0.3) is 10.9 Å². The zero-order valence-electron chi connectivity index (χ0n) is 52.4. The number of aliphatic hydroxyl groups is 7. The number of carbonyl (C=O) groups is 7. The molecule has 6 heterocycles. The van der Waals surface area contributed by atoms with E-state index < -0.39 is 149 Å². The predicted molar refractivity (Wildman–Crippen MR) is 338 cm³/mol. The summed E-state index contributed by atoms with van der Waals surface area (Å²) in [6, 6.07) is 9.77. The zero-order valence-corrected chi connectivity index (χ0v) is 54.0. The number of aromatic nitrogens is 1. The maximum absolute atomic E-state index is 15.1. The molecule has 3 aromatic rings. The number of likely N-dealkylation sites (N-methyl/N-ethyl adjacent to an activating group) is 1. The van der Waals surface area contributed by atoms with Gasteiger partial charge in [0.2, 0.25) is 5.91 Å². The van der Waals surface area contributed by atoms with Crippen molar-refractivity contribution in [2.45, 2.75) is 163 Å². The fourth-order valence-corrected chi connectivity index (χ4v) is 18.7. The third-order valence-electron chi connectivity index (χ3n) is 20.7. The molecule has 1 aliphatic carbocycles. The Labute approximate surface area is 536 Å². The van der Waals surface area contributed by atoms with Crippen LogP contribution in [0.3, 0.4) is 0 Å². The molecule has 16 atom stereocenters. The molecule has 2 aromatic carbocycles. The van der Waals surface area contributed by atoms with Crippen LogP contribution >= 0.6 is 21.6 Å². The van der Waals surface area contributed by atoms with Gasteiger partial charge >= 0.3 is 18.0 Å². The molecule has 3 amide bonds. The van der Waals surface area contributed by atoms with Gasteiger partial charge < -0.3 is 70.6 Å².